The van der Waals surface area contributed by atoms with Crippen molar-refractivity contribution in [1.82, 2.24) is 0 Å². The van der Waals surface area contributed by atoms with Crippen LogP contribution >= 0.6 is 0 Å². The van der Waals surface area contributed by atoms with Crippen LogP contribution in [0.4, 0.5) is 5.69 Å². The van der Waals surface area contributed by atoms with Crippen LogP contribution in [0.1, 0.15) is 18.1 Å². The van der Waals surface area contributed by atoms with Crippen LogP contribution < -0.4 is 11.1 Å². The lowest BCUT2D eigenvalue weighted by molar-refractivity contribution is 0.146. The molecule has 4 nitrogen and oxygen atoms in total. The van der Waals surface area contributed by atoms with Gasteiger partial charge in [-0.15, -0.1) is 0 Å². The predicted molar refractivity (Wildman–Crippen MR) is 54.1 cm³/mol. The lowest BCUT2D eigenvalue weighted by Crippen LogP contribution is -2.28. The molecule has 1 aliphatic rings. The summed E-state index contributed by atoms with van der Waals surface area (Å²) in [4.78, 5) is 0. The van der Waals surface area contributed by atoms with Gasteiger partial charge in [0.1, 0.15) is 5.75 Å². The van der Waals surface area contributed by atoms with Crippen LogP contribution in [0.2, 0.25) is 0 Å². The number of anilines is 1. The zero-order valence-electron chi connectivity index (χ0n) is 7.77. The fraction of sp³-hybridized carbons (Fsp3) is 0.400. The number of aliphatic hydroxyl groups is 1. The van der Waals surface area contributed by atoms with Gasteiger partial charge in [-0.05, 0) is 24.6 Å². The highest BCUT2D eigenvalue weighted by Gasteiger charge is 2.23. The Morgan fingerprint density at radius 2 is 2.21 bits per heavy atom. The Morgan fingerprint density at radius 1 is 1.43 bits per heavy atom. The Balaban J connectivity index is 2.44. The third kappa shape index (κ3) is 1.54. The molecule has 2 atom stereocenters. The second-order valence-electron chi connectivity index (χ2n) is 3.60. The molecule has 1 heterocycles. The van der Waals surface area contributed by atoms with Crippen molar-refractivity contribution in [2.75, 3.05) is 11.9 Å². The number of aliphatic hydroxyl groups excluding tert-OH is 1. The molecule has 4 heteroatoms. The molecule has 0 radical (unpaired) electrons. The summed E-state index contributed by atoms with van der Waals surface area (Å²) in [6.07, 6.45) is 0.0171. The molecule has 76 valence electrons. The highest BCUT2D eigenvalue weighted by molar-refractivity contribution is 5.56. The Morgan fingerprint density at radius 3 is 3.00 bits per heavy atom. The molecule has 2 rings (SSSR count). The van der Waals surface area contributed by atoms with E-state index in [2.05, 4.69) is 5.32 Å². The van der Waals surface area contributed by atoms with Gasteiger partial charge >= 0.3 is 0 Å². The zero-order valence-corrected chi connectivity index (χ0v) is 7.77. The smallest absolute Gasteiger partial charge is 0.116 e. The number of hydrogen-bond donors (Lipinski definition) is 4. The molecule has 5 N–H and O–H groups in total. The normalized spacial score (nSPS) is 26.1. The average molecular weight is 194 g/mol. The first-order chi connectivity index (χ1) is 6.68. The van der Waals surface area contributed by atoms with Gasteiger partial charge in [-0.1, -0.05) is 0 Å². The van der Waals surface area contributed by atoms with Gasteiger partial charge in [-0.25, -0.2) is 0 Å². The largest absolute Gasteiger partial charge is 0.508 e. The molecule has 1 aliphatic heterocycles. The first kappa shape index (κ1) is 9.30. The molecule has 0 fully saturated rings. The number of benzene rings is 1. The highest BCUT2D eigenvalue weighted by Crippen LogP contribution is 2.31. The number of phenolic OH excluding ortho intramolecular Hbond substituents is 1. The minimum atomic E-state index is -0.702. The monoisotopic (exact) mass is 194 g/mol. The van der Waals surface area contributed by atoms with E-state index in [1.54, 1.807) is 18.2 Å². The number of rotatable bonds is 0. The fourth-order valence-corrected chi connectivity index (χ4v) is 1.72. The molecular formula is C10H14N2O2. The fourth-order valence-electron chi connectivity index (χ4n) is 1.72. The summed E-state index contributed by atoms with van der Waals surface area (Å²) in [5, 5.41) is 22.3. The molecule has 2 unspecified atom stereocenters. The SMILES string of the molecule is NC1CCNc2ccc(O)cc2C1O. The van der Waals surface area contributed by atoms with Crippen molar-refractivity contribution in [3.63, 3.8) is 0 Å². The van der Waals surface area contributed by atoms with Gasteiger partial charge in [0.15, 0.2) is 0 Å². The molecule has 0 spiro atoms. The van der Waals surface area contributed by atoms with Gasteiger partial charge in [0.2, 0.25) is 0 Å². The van der Waals surface area contributed by atoms with E-state index in [1.807, 2.05) is 0 Å². The minimum absolute atomic E-state index is 0.152. The topological polar surface area (TPSA) is 78.5 Å². The summed E-state index contributed by atoms with van der Waals surface area (Å²) in [6.45, 7) is 0.746. The Labute approximate surface area is 82.4 Å². The summed E-state index contributed by atoms with van der Waals surface area (Å²) in [5.41, 5.74) is 7.30. The highest BCUT2D eigenvalue weighted by atomic mass is 16.3. The van der Waals surface area contributed by atoms with Crippen molar-refractivity contribution in [3.8, 4) is 5.75 Å². The average Bonchev–Trinajstić information content (AvgIpc) is 2.30. The number of aromatic hydroxyl groups is 1. The van der Waals surface area contributed by atoms with Crippen LogP contribution in [0, 0.1) is 0 Å². The maximum Gasteiger partial charge on any atom is 0.116 e. The van der Waals surface area contributed by atoms with Gasteiger partial charge in [0.05, 0.1) is 6.10 Å². The third-order valence-corrected chi connectivity index (χ3v) is 2.55. The summed E-state index contributed by atoms with van der Waals surface area (Å²) < 4.78 is 0. The maximum absolute atomic E-state index is 9.86. The predicted octanol–water partition coefficient (Wildman–Crippen LogP) is 0.568. The molecule has 0 amide bonds. The van der Waals surface area contributed by atoms with Crippen LogP contribution in [-0.2, 0) is 0 Å². The molecule has 0 saturated heterocycles. The van der Waals surface area contributed by atoms with Crippen LogP contribution in [-0.4, -0.2) is 22.8 Å². The van der Waals surface area contributed by atoms with Crippen LogP contribution in [0.3, 0.4) is 0 Å². The maximum atomic E-state index is 9.86. The summed E-state index contributed by atoms with van der Waals surface area (Å²) in [6, 6.07) is 4.63. The summed E-state index contributed by atoms with van der Waals surface area (Å²) >= 11 is 0. The molecule has 0 bridgehead atoms. The van der Waals surface area contributed by atoms with E-state index in [0.29, 0.717) is 5.56 Å². The molecule has 14 heavy (non-hydrogen) atoms. The quantitative estimate of drug-likeness (QED) is 0.455. The van der Waals surface area contributed by atoms with Crippen LogP contribution in [0.15, 0.2) is 18.2 Å². The Bertz CT molecular complexity index is 341. The van der Waals surface area contributed by atoms with Crippen molar-refractivity contribution < 1.29 is 10.2 Å². The second kappa shape index (κ2) is 3.48. The molecule has 1 aromatic rings. The summed E-state index contributed by atoms with van der Waals surface area (Å²) in [5.74, 6) is 0.152. The van der Waals surface area contributed by atoms with Crippen LogP contribution in [0.25, 0.3) is 0 Å². The van der Waals surface area contributed by atoms with Crippen LogP contribution in [0.5, 0.6) is 5.75 Å². The van der Waals surface area contributed by atoms with E-state index in [9.17, 15) is 10.2 Å². The molecule has 1 aromatic carbocycles. The van der Waals surface area contributed by atoms with E-state index >= 15 is 0 Å². The summed E-state index contributed by atoms with van der Waals surface area (Å²) in [7, 11) is 0. The van der Waals surface area contributed by atoms with Gasteiger partial charge < -0.3 is 21.3 Å². The lowest BCUT2D eigenvalue weighted by atomic mass is 10.0. The van der Waals surface area contributed by atoms with Crippen molar-refractivity contribution >= 4 is 5.69 Å². The van der Waals surface area contributed by atoms with Gasteiger partial charge in [-0.3, -0.25) is 0 Å². The Hall–Kier alpha value is -1.26. The van der Waals surface area contributed by atoms with E-state index in [4.69, 9.17) is 5.73 Å². The third-order valence-electron chi connectivity index (χ3n) is 2.55. The molecule has 0 aromatic heterocycles. The Kier molecular flexibility index (Phi) is 2.31. The molecule has 0 saturated carbocycles. The van der Waals surface area contributed by atoms with E-state index < -0.39 is 6.10 Å². The lowest BCUT2D eigenvalue weighted by Gasteiger charge is -2.16. The van der Waals surface area contributed by atoms with Crippen molar-refractivity contribution in [2.24, 2.45) is 5.73 Å². The number of phenols is 1. The van der Waals surface area contributed by atoms with Gasteiger partial charge in [0, 0.05) is 23.8 Å². The number of nitrogens with two attached hydrogens (primary N) is 1. The first-order valence-corrected chi connectivity index (χ1v) is 4.69. The van der Waals surface area contributed by atoms with E-state index in [1.165, 1.54) is 0 Å². The molecule has 0 aliphatic carbocycles. The minimum Gasteiger partial charge on any atom is -0.508 e. The van der Waals surface area contributed by atoms with E-state index in [-0.39, 0.29) is 11.8 Å². The second-order valence-corrected chi connectivity index (χ2v) is 3.60. The number of nitrogens with one attached hydrogen (secondary N) is 1. The van der Waals surface area contributed by atoms with Crippen molar-refractivity contribution in [1.29, 1.82) is 0 Å². The van der Waals surface area contributed by atoms with Crippen molar-refractivity contribution in [2.45, 2.75) is 18.6 Å². The first-order valence-electron chi connectivity index (χ1n) is 4.69. The molecular weight excluding hydrogens is 180 g/mol. The van der Waals surface area contributed by atoms with Gasteiger partial charge in [0.25, 0.3) is 0 Å². The van der Waals surface area contributed by atoms with E-state index in [0.717, 1.165) is 18.7 Å². The standard InChI is InChI=1S/C10H14N2O2/c11-8-3-4-12-9-2-1-6(13)5-7(9)10(8)14/h1-2,5,8,10,12-14H,3-4,11H2. The zero-order chi connectivity index (χ0) is 10.1. The number of fused-ring (bicyclic) bond motifs is 1. The van der Waals surface area contributed by atoms with Gasteiger partial charge in [-0.2, -0.15) is 0 Å². The van der Waals surface area contributed by atoms with Crippen molar-refractivity contribution in [3.05, 3.63) is 23.8 Å². The number of hydrogen-bond acceptors (Lipinski definition) is 4.